The number of ether oxygens (including phenoxy) is 2. The van der Waals surface area contributed by atoms with Crippen LogP contribution in [0.25, 0.3) is 0 Å². The molecule has 3 rings (SSSR count). The van der Waals surface area contributed by atoms with Gasteiger partial charge >= 0.3 is 0 Å². The number of hydrogen-bond donors (Lipinski definition) is 0. The van der Waals surface area contributed by atoms with Crippen molar-refractivity contribution in [3.63, 3.8) is 0 Å². The zero-order valence-corrected chi connectivity index (χ0v) is 10.4. The molecule has 0 saturated carbocycles. The van der Waals surface area contributed by atoms with Crippen molar-refractivity contribution >= 4 is 0 Å². The summed E-state index contributed by atoms with van der Waals surface area (Å²) < 4.78 is 12.5. The van der Waals surface area contributed by atoms with Crippen molar-refractivity contribution in [2.75, 3.05) is 39.9 Å². The van der Waals surface area contributed by atoms with E-state index in [0.29, 0.717) is 6.10 Å². The van der Waals surface area contributed by atoms with Crippen LogP contribution in [-0.2, 0) is 11.2 Å². The fourth-order valence-electron chi connectivity index (χ4n) is 2.81. The second kappa shape index (κ2) is 4.31. The first-order valence-corrected chi connectivity index (χ1v) is 6.41. The lowest BCUT2D eigenvalue weighted by Crippen LogP contribution is -2.55. The molecule has 2 aliphatic heterocycles. The molecule has 1 saturated heterocycles. The number of hydrogen-bond acceptors (Lipinski definition) is 2. The van der Waals surface area contributed by atoms with Crippen LogP contribution in [0.2, 0.25) is 0 Å². The van der Waals surface area contributed by atoms with Crippen LogP contribution < -0.4 is 4.74 Å². The molecule has 92 valence electrons. The highest BCUT2D eigenvalue weighted by Crippen LogP contribution is 2.29. The Bertz CT molecular complexity index is 374. The first-order valence-electron chi connectivity index (χ1n) is 6.41. The molecule has 1 fully saturated rings. The molecule has 0 bridgehead atoms. The zero-order valence-electron chi connectivity index (χ0n) is 10.4. The van der Waals surface area contributed by atoms with Gasteiger partial charge in [-0.15, -0.1) is 0 Å². The Morgan fingerprint density at radius 2 is 2.00 bits per heavy atom. The van der Waals surface area contributed by atoms with E-state index in [1.165, 1.54) is 5.56 Å². The number of rotatable bonds is 2. The number of likely N-dealkylation sites (N-methyl/N-ethyl adjacent to an activating group) is 1. The van der Waals surface area contributed by atoms with Gasteiger partial charge in [0.25, 0.3) is 0 Å². The maximum absolute atomic E-state index is 6.02. The lowest BCUT2D eigenvalue weighted by Gasteiger charge is -2.38. The zero-order chi connectivity index (χ0) is 11.7. The lowest BCUT2D eigenvalue weighted by atomic mass is 10.1. The van der Waals surface area contributed by atoms with E-state index in [-0.39, 0.29) is 0 Å². The number of morpholine rings is 1. The molecule has 3 nitrogen and oxygen atoms in total. The lowest BCUT2D eigenvalue weighted by molar-refractivity contribution is -0.919. The largest absolute Gasteiger partial charge is 0.484 e. The summed E-state index contributed by atoms with van der Waals surface area (Å²) in [4.78, 5) is 0. The van der Waals surface area contributed by atoms with E-state index in [1.54, 1.807) is 0 Å². The van der Waals surface area contributed by atoms with Crippen molar-refractivity contribution in [2.45, 2.75) is 12.5 Å². The molecule has 0 N–H and O–H groups in total. The minimum Gasteiger partial charge on any atom is -0.484 e. The summed E-state index contributed by atoms with van der Waals surface area (Å²) in [5.41, 5.74) is 1.36. The molecule has 1 aromatic carbocycles. The number of para-hydroxylation sites is 1. The highest BCUT2D eigenvalue weighted by molar-refractivity contribution is 5.37. The van der Waals surface area contributed by atoms with Crippen LogP contribution in [0.3, 0.4) is 0 Å². The van der Waals surface area contributed by atoms with E-state index in [1.807, 2.05) is 6.07 Å². The van der Waals surface area contributed by atoms with Crippen molar-refractivity contribution in [1.82, 2.24) is 0 Å². The summed E-state index contributed by atoms with van der Waals surface area (Å²) in [5.74, 6) is 1.08. The molecule has 1 atom stereocenters. The van der Waals surface area contributed by atoms with Crippen molar-refractivity contribution in [3.05, 3.63) is 29.8 Å². The third kappa shape index (κ3) is 2.31. The predicted molar refractivity (Wildman–Crippen MR) is 66.2 cm³/mol. The second-order valence-electron chi connectivity index (χ2n) is 5.41. The van der Waals surface area contributed by atoms with Crippen molar-refractivity contribution in [1.29, 1.82) is 0 Å². The van der Waals surface area contributed by atoms with Gasteiger partial charge in [0.05, 0.1) is 20.3 Å². The summed E-state index contributed by atoms with van der Waals surface area (Å²) >= 11 is 0. The third-order valence-corrected chi connectivity index (χ3v) is 3.91. The molecular formula is C14H20NO2+. The maximum atomic E-state index is 6.02. The van der Waals surface area contributed by atoms with Gasteiger partial charge in [0.15, 0.2) is 6.10 Å². The molecule has 0 amide bonds. The minimum atomic E-state index is 0.343. The van der Waals surface area contributed by atoms with Crippen LogP contribution in [0.1, 0.15) is 5.56 Å². The monoisotopic (exact) mass is 234 g/mol. The standard InChI is InChI=1S/C14H20NO2/c1-15(6-8-16-9-7-15)11-13-10-12-4-2-3-5-14(12)17-13/h2-5,13H,6-11H2,1H3/q+1/t13-/m1/s1. The highest BCUT2D eigenvalue weighted by Gasteiger charge is 2.33. The molecule has 2 aliphatic rings. The maximum Gasteiger partial charge on any atom is 0.151 e. The Balaban J connectivity index is 1.65. The molecule has 17 heavy (non-hydrogen) atoms. The van der Waals surface area contributed by atoms with Crippen LogP contribution in [0.5, 0.6) is 5.75 Å². The average Bonchev–Trinajstić information content (AvgIpc) is 2.71. The third-order valence-electron chi connectivity index (χ3n) is 3.91. The van der Waals surface area contributed by atoms with Gasteiger partial charge in [-0.2, -0.15) is 0 Å². The smallest absolute Gasteiger partial charge is 0.151 e. The Morgan fingerprint density at radius 1 is 1.24 bits per heavy atom. The fourth-order valence-corrected chi connectivity index (χ4v) is 2.81. The molecule has 0 aromatic heterocycles. The summed E-state index contributed by atoms with van der Waals surface area (Å²) in [6, 6.07) is 8.39. The van der Waals surface area contributed by atoms with E-state index in [0.717, 1.165) is 49.5 Å². The first kappa shape index (κ1) is 11.1. The molecule has 0 unspecified atom stereocenters. The molecule has 0 spiro atoms. The highest BCUT2D eigenvalue weighted by atomic mass is 16.5. The van der Waals surface area contributed by atoms with Crippen LogP contribution in [-0.4, -0.2) is 50.5 Å². The minimum absolute atomic E-state index is 0.343. The van der Waals surface area contributed by atoms with Crippen LogP contribution >= 0.6 is 0 Å². The summed E-state index contributed by atoms with van der Waals surface area (Å²) in [6.07, 6.45) is 1.40. The van der Waals surface area contributed by atoms with E-state index in [2.05, 4.69) is 25.2 Å². The van der Waals surface area contributed by atoms with Gasteiger partial charge < -0.3 is 14.0 Å². The van der Waals surface area contributed by atoms with Crippen LogP contribution in [0.4, 0.5) is 0 Å². The first-order chi connectivity index (χ1) is 8.25. The number of quaternary nitrogens is 1. The molecule has 1 aromatic rings. The summed E-state index contributed by atoms with van der Waals surface area (Å²) in [7, 11) is 2.31. The van der Waals surface area contributed by atoms with Gasteiger partial charge in [0, 0.05) is 6.42 Å². The molecule has 0 aliphatic carbocycles. The quantitative estimate of drug-likeness (QED) is 0.721. The van der Waals surface area contributed by atoms with Gasteiger partial charge in [0.2, 0.25) is 0 Å². The van der Waals surface area contributed by atoms with Gasteiger partial charge in [-0.25, -0.2) is 0 Å². The average molecular weight is 234 g/mol. The van der Waals surface area contributed by atoms with Crippen LogP contribution in [0, 0.1) is 0 Å². The summed E-state index contributed by atoms with van der Waals surface area (Å²) in [5, 5.41) is 0. The van der Waals surface area contributed by atoms with Crippen molar-refractivity contribution in [3.8, 4) is 5.75 Å². The molecule has 2 heterocycles. The van der Waals surface area contributed by atoms with Crippen LogP contribution in [0.15, 0.2) is 24.3 Å². The molecule has 3 heteroatoms. The van der Waals surface area contributed by atoms with E-state index >= 15 is 0 Å². The normalized spacial score (nSPS) is 26.3. The fraction of sp³-hybridized carbons (Fsp3) is 0.571. The van der Waals surface area contributed by atoms with E-state index in [4.69, 9.17) is 9.47 Å². The van der Waals surface area contributed by atoms with Crippen molar-refractivity contribution < 1.29 is 14.0 Å². The Morgan fingerprint density at radius 3 is 2.76 bits per heavy atom. The number of nitrogens with zero attached hydrogens (tertiary/aromatic N) is 1. The van der Waals surface area contributed by atoms with Gasteiger partial charge in [0.1, 0.15) is 25.4 Å². The second-order valence-corrected chi connectivity index (χ2v) is 5.41. The Hall–Kier alpha value is -1.06. The summed E-state index contributed by atoms with van der Waals surface area (Å²) in [6.45, 7) is 5.08. The topological polar surface area (TPSA) is 18.5 Å². The Labute approximate surface area is 103 Å². The van der Waals surface area contributed by atoms with Gasteiger partial charge in [-0.05, 0) is 11.6 Å². The number of benzene rings is 1. The van der Waals surface area contributed by atoms with Gasteiger partial charge in [-0.1, -0.05) is 18.2 Å². The predicted octanol–water partition coefficient (Wildman–Crippen LogP) is 1.47. The van der Waals surface area contributed by atoms with Gasteiger partial charge in [-0.3, -0.25) is 0 Å². The SMILES string of the molecule is C[N+]1(C[C@H]2Cc3ccccc3O2)CCOCC1. The van der Waals surface area contributed by atoms with Crippen molar-refractivity contribution in [2.24, 2.45) is 0 Å². The van der Waals surface area contributed by atoms with E-state index in [9.17, 15) is 0 Å². The number of fused-ring (bicyclic) bond motifs is 1. The van der Waals surface area contributed by atoms with E-state index < -0.39 is 0 Å². The molecule has 0 radical (unpaired) electrons. The Kier molecular flexibility index (Phi) is 2.81. The molecular weight excluding hydrogens is 214 g/mol.